The van der Waals surface area contributed by atoms with E-state index in [0.717, 1.165) is 0 Å². The third-order valence-corrected chi connectivity index (χ3v) is 2.73. The van der Waals surface area contributed by atoms with Crippen LogP contribution in [0.5, 0.6) is 0 Å². The fourth-order valence-electron chi connectivity index (χ4n) is 1.80. The number of carboxylic acid groups (broad SMARTS) is 1. The number of nitrogens with zero attached hydrogens (tertiary/aromatic N) is 3. The molecule has 1 heterocycles. The molecular formula is C12H19N3O4. The number of aromatic carboxylic acids is 1. The van der Waals surface area contributed by atoms with Gasteiger partial charge in [0, 0.05) is 12.2 Å². The first-order chi connectivity index (χ1) is 8.86. The number of carboxylic acids is 1. The fraction of sp³-hybridized carbons (Fsp3) is 0.583. The summed E-state index contributed by atoms with van der Waals surface area (Å²) in [5.74, 6) is -0.765. The molecule has 0 aromatic carbocycles. The molecule has 1 rings (SSSR count). The van der Waals surface area contributed by atoms with Crippen LogP contribution in [0.3, 0.4) is 0 Å². The van der Waals surface area contributed by atoms with Crippen LogP contribution in [0.25, 0.3) is 0 Å². The van der Waals surface area contributed by atoms with E-state index in [4.69, 9.17) is 5.11 Å². The summed E-state index contributed by atoms with van der Waals surface area (Å²) in [6.45, 7) is 2.56. The molecule has 0 aliphatic heterocycles. The van der Waals surface area contributed by atoms with Crippen LogP contribution in [0.1, 0.15) is 28.4 Å². The number of methoxy groups -OCH3 is 1. The number of esters is 1. The van der Waals surface area contributed by atoms with E-state index in [0.29, 0.717) is 24.6 Å². The van der Waals surface area contributed by atoms with E-state index in [1.165, 1.54) is 7.11 Å². The molecule has 7 nitrogen and oxygen atoms in total. The highest BCUT2D eigenvalue weighted by Crippen LogP contribution is 2.13. The van der Waals surface area contributed by atoms with E-state index in [9.17, 15) is 9.59 Å². The molecule has 0 fully saturated rings. The number of carbonyl (C=O) groups excluding carboxylic acids is 1. The first-order valence-corrected chi connectivity index (χ1v) is 5.87. The zero-order valence-electron chi connectivity index (χ0n) is 11.6. The first-order valence-electron chi connectivity index (χ1n) is 5.87. The summed E-state index contributed by atoms with van der Waals surface area (Å²) in [5.41, 5.74) is 0.579. The third-order valence-electron chi connectivity index (χ3n) is 2.73. The van der Waals surface area contributed by atoms with Gasteiger partial charge in [-0.1, -0.05) is 0 Å². The molecule has 0 bridgehead atoms. The molecule has 19 heavy (non-hydrogen) atoms. The number of aromatic nitrogens is 2. The van der Waals surface area contributed by atoms with E-state index in [1.807, 2.05) is 19.0 Å². The Morgan fingerprint density at radius 3 is 2.53 bits per heavy atom. The predicted molar refractivity (Wildman–Crippen MR) is 67.9 cm³/mol. The average Bonchev–Trinajstić information content (AvgIpc) is 2.62. The molecule has 0 amide bonds. The Hall–Kier alpha value is -1.89. The summed E-state index contributed by atoms with van der Waals surface area (Å²) in [4.78, 5) is 28.3. The van der Waals surface area contributed by atoms with Gasteiger partial charge >= 0.3 is 11.9 Å². The quantitative estimate of drug-likeness (QED) is 0.758. The Morgan fingerprint density at radius 1 is 1.42 bits per heavy atom. The van der Waals surface area contributed by atoms with E-state index >= 15 is 0 Å². The molecule has 0 unspecified atom stereocenters. The second kappa shape index (κ2) is 6.33. The Bertz CT molecular complexity index is 480. The lowest BCUT2D eigenvalue weighted by Gasteiger charge is -2.12. The van der Waals surface area contributed by atoms with Crippen LogP contribution in [0.2, 0.25) is 0 Å². The van der Waals surface area contributed by atoms with Crippen molar-refractivity contribution >= 4 is 11.9 Å². The van der Waals surface area contributed by atoms with Crippen LogP contribution in [0.15, 0.2) is 0 Å². The van der Waals surface area contributed by atoms with Crippen LogP contribution in [-0.2, 0) is 22.6 Å². The summed E-state index contributed by atoms with van der Waals surface area (Å²) in [6.07, 6.45) is 0.188. The summed E-state index contributed by atoms with van der Waals surface area (Å²) in [5, 5.41) is 9.08. The number of ether oxygens (including phenoxy) is 1. The molecule has 0 saturated carbocycles. The van der Waals surface area contributed by atoms with Crippen molar-refractivity contribution in [2.45, 2.75) is 26.4 Å². The molecular weight excluding hydrogens is 250 g/mol. The number of hydrogen-bond donors (Lipinski definition) is 1. The van der Waals surface area contributed by atoms with Gasteiger partial charge in [0.05, 0.1) is 20.1 Å². The van der Waals surface area contributed by atoms with Gasteiger partial charge in [0.25, 0.3) is 0 Å². The summed E-state index contributed by atoms with van der Waals surface area (Å²) in [6, 6.07) is 0. The molecule has 1 N–H and O–H groups in total. The van der Waals surface area contributed by atoms with E-state index in [-0.39, 0.29) is 18.1 Å². The zero-order valence-corrected chi connectivity index (χ0v) is 11.6. The fourth-order valence-corrected chi connectivity index (χ4v) is 1.80. The van der Waals surface area contributed by atoms with Crippen LogP contribution < -0.4 is 0 Å². The van der Waals surface area contributed by atoms with E-state index in [1.54, 1.807) is 11.5 Å². The lowest BCUT2D eigenvalue weighted by Crippen LogP contribution is -2.17. The topological polar surface area (TPSA) is 84.7 Å². The highest BCUT2D eigenvalue weighted by atomic mass is 16.5. The molecule has 0 saturated heterocycles. The lowest BCUT2D eigenvalue weighted by molar-refractivity contribution is -0.140. The Balaban J connectivity index is 3.03. The predicted octanol–water partition coefficient (Wildman–Crippen LogP) is 0.514. The van der Waals surface area contributed by atoms with Gasteiger partial charge in [-0.2, -0.15) is 0 Å². The molecule has 0 radical (unpaired) electrons. The SMILES string of the molecule is COC(=O)CCn1c(CN(C)C)nc(C(=O)O)c1C. The van der Waals surface area contributed by atoms with Crippen molar-refractivity contribution in [1.29, 1.82) is 0 Å². The number of carbonyl (C=O) groups is 2. The molecule has 0 aliphatic carbocycles. The zero-order chi connectivity index (χ0) is 14.6. The molecule has 106 valence electrons. The first kappa shape index (κ1) is 15.2. The van der Waals surface area contributed by atoms with Crippen LogP contribution in [-0.4, -0.2) is 52.7 Å². The molecule has 1 aromatic heterocycles. The monoisotopic (exact) mass is 269 g/mol. The number of imidazole rings is 1. The number of hydrogen-bond acceptors (Lipinski definition) is 5. The average molecular weight is 269 g/mol. The minimum atomic E-state index is -1.06. The van der Waals surface area contributed by atoms with Crippen LogP contribution in [0, 0.1) is 6.92 Å². The van der Waals surface area contributed by atoms with Crippen molar-refractivity contribution in [1.82, 2.24) is 14.5 Å². The third kappa shape index (κ3) is 3.78. The summed E-state index contributed by atoms with van der Waals surface area (Å²) in [7, 11) is 5.07. The second-order valence-corrected chi connectivity index (χ2v) is 4.48. The van der Waals surface area contributed by atoms with Crippen LogP contribution in [0.4, 0.5) is 0 Å². The summed E-state index contributed by atoms with van der Waals surface area (Å²) >= 11 is 0. The molecule has 0 aliphatic rings. The van der Waals surface area contributed by atoms with Crippen molar-refractivity contribution in [2.24, 2.45) is 0 Å². The maximum Gasteiger partial charge on any atom is 0.356 e. The maximum absolute atomic E-state index is 11.2. The second-order valence-electron chi connectivity index (χ2n) is 4.48. The van der Waals surface area contributed by atoms with Gasteiger partial charge in [-0.15, -0.1) is 0 Å². The van der Waals surface area contributed by atoms with Gasteiger partial charge in [0.1, 0.15) is 5.82 Å². The van der Waals surface area contributed by atoms with Gasteiger partial charge in [0.15, 0.2) is 5.69 Å². The van der Waals surface area contributed by atoms with Crippen molar-refractivity contribution in [2.75, 3.05) is 21.2 Å². The molecule has 1 aromatic rings. The van der Waals surface area contributed by atoms with Gasteiger partial charge in [-0.25, -0.2) is 9.78 Å². The maximum atomic E-state index is 11.2. The van der Waals surface area contributed by atoms with Gasteiger partial charge < -0.3 is 19.3 Å². The van der Waals surface area contributed by atoms with Crippen molar-refractivity contribution in [3.05, 3.63) is 17.2 Å². The largest absolute Gasteiger partial charge is 0.476 e. The van der Waals surface area contributed by atoms with Crippen molar-refractivity contribution in [3.63, 3.8) is 0 Å². The van der Waals surface area contributed by atoms with Gasteiger partial charge in [-0.05, 0) is 21.0 Å². The molecule has 0 atom stereocenters. The molecule has 0 spiro atoms. The minimum Gasteiger partial charge on any atom is -0.476 e. The Kier molecular flexibility index (Phi) is 5.05. The van der Waals surface area contributed by atoms with E-state index < -0.39 is 5.97 Å². The van der Waals surface area contributed by atoms with Crippen molar-refractivity contribution < 1.29 is 19.4 Å². The lowest BCUT2D eigenvalue weighted by atomic mass is 10.3. The van der Waals surface area contributed by atoms with E-state index in [2.05, 4.69) is 9.72 Å². The van der Waals surface area contributed by atoms with Crippen LogP contribution >= 0.6 is 0 Å². The molecule has 7 heteroatoms. The highest BCUT2D eigenvalue weighted by molar-refractivity contribution is 5.86. The summed E-state index contributed by atoms with van der Waals surface area (Å²) < 4.78 is 6.34. The minimum absolute atomic E-state index is 0.0294. The number of rotatable bonds is 6. The Morgan fingerprint density at radius 2 is 2.05 bits per heavy atom. The van der Waals surface area contributed by atoms with Gasteiger partial charge in [0.2, 0.25) is 0 Å². The normalized spacial score (nSPS) is 10.8. The highest BCUT2D eigenvalue weighted by Gasteiger charge is 2.19. The smallest absolute Gasteiger partial charge is 0.356 e. The van der Waals surface area contributed by atoms with Gasteiger partial charge in [-0.3, -0.25) is 4.79 Å². The standard InChI is InChI=1S/C12H19N3O4/c1-8-11(12(17)18)13-9(7-14(2)3)15(8)6-5-10(16)19-4/h5-7H2,1-4H3,(H,17,18). The van der Waals surface area contributed by atoms with Crippen molar-refractivity contribution in [3.8, 4) is 0 Å². The Labute approximate surface area is 111 Å².